The van der Waals surface area contributed by atoms with Gasteiger partial charge < -0.3 is 10.6 Å². The van der Waals surface area contributed by atoms with Crippen molar-refractivity contribution in [3.8, 4) is 0 Å². The minimum Gasteiger partial charge on any atom is -0.319 e. The summed E-state index contributed by atoms with van der Waals surface area (Å²) in [6.07, 6.45) is 12.6. The van der Waals surface area contributed by atoms with E-state index in [2.05, 4.69) is 10.6 Å². The van der Waals surface area contributed by atoms with Crippen molar-refractivity contribution in [1.82, 2.24) is 0 Å². The third kappa shape index (κ3) is 3.66. The van der Waals surface area contributed by atoms with Crippen LogP contribution in [-0.4, -0.2) is 23.4 Å². The summed E-state index contributed by atoms with van der Waals surface area (Å²) in [6.45, 7) is 0. The number of carbonyl (C=O) groups is 4. The zero-order valence-corrected chi connectivity index (χ0v) is 20.9. The van der Waals surface area contributed by atoms with Crippen LogP contribution in [-0.2, 0) is 19.2 Å². The molecular weight excluding hydrogens is 452 g/mol. The molecule has 1 aromatic carbocycles. The van der Waals surface area contributed by atoms with Gasteiger partial charge in [-0.25, -0.2) is 0 Å². The van der Waals surface area contributed by atoms with Crippen LogP contribution in [0.2, 0.25) is 0 Å². The number of ketones is 2. The van der Waals surface area contributed by atoms with Gasteiger partial charge in [-0.3, -0.25) is 19.2 Å². The van der Waals surface area contributed by atoms with E-state index in [1.807, 2.05) is 0 Å². The van der Waals surface area contributed by atoms with Gasteiger partial charge in [0.1, 0.15) is 0 Å². The summed E-state index contributed by atoms with van der Waals surface area (Å²) in [5.74, 6) is 2.11. The molecule has 8 aliphatic carbocycles. The van der Waals surface area contributed by atoms with Gasteiger partial charge in [-0.15, -0.1) is 0 Å². The maximum absolute atomic E-state index is 13.2. The second-order valence-corrected chi connectivity index (χ2v) is 13.5. The van der Waals surface area contributed by atoms with Crippen molar-refractivity contribution >= 4 is 34.8 Å². The number of carbonyl (C=O) groups excluding carboxylic acids is 4. The Balaban J connectivity index is 0.981. The number of hydrogen-bond acceptors (Lipinski definition) is 4. The molecule has 2 N–H and O–H groups in total. The first-order valence-corrected chi connectivity index (χ1v) is 14.1. The molecule has 0 spiro atoms. The van der Waals surface area contributed by atoms with Crippen molar-refractivity contribution in [2.45, 2.75) is 77.0 Å². The van der Waals surface area contributed by atoms with Gasteiger partial charge in [0.15, 0.2) is 0 Å². The number of rotatable bonds is 6. The molecule has 8 bridgehead atoms. The van der Waals surface area contributed by atoms with E-state index < -0.39 is 22.6 Å². The van der Waals surface area contributed by atoms with Crippen molar-refractivity contribution in [1.29, 1.82) is 0 Å². The van der Waals surface area contributed by atoms with E-state index in [1.165, 1.54) is 38.5 Å². The minimum absolute atomic E-state index is 0.250. The number of amides is 2. The maximum atomic E-state index is 13.2. The fourth-order valence-electron chi connectivity index (χ4n) is 10.3. The predicted molar refractivity (Wildman–Crippen MR) is 135 cm³/mol. The van der Waals surface area contributed by atoms with Gasteiger partial charge in [0.2, 0.25) is 11.6 Å². The average Bonchev–Trinajstić information content (AvgIpc) is 2.82. The van der Waals surface area contributed by atoms with Crippen molar-refractivity contribution in [3.05, 3.63) is 24.3 Å². The molecule has 0 radical (unpaired) electrons. The highest BCUT2D eigenvalue weighted by atomic mass is 16.2. The first-order valence-electron chi connectivity index (χ1n) is 14.1. The van der Waals surface area contributed by atoms with Crippen molar-refractivity contribution in [2.24, 2.45) is 46.3 Å². The summed E-state index contributed by atoms with van der Waals surface area (Å²) in [5.41, 5.74) is 0.154. The number of benzene rings is 1. The van der Waals surface area contributed by atoms with E-state index in [0.29, 0.717) is 46.9 Å². The van der Waals surface area contributed by atoms with Gasteiger partial charge >= 0.3 is 0 Å². The van der Waals surface area contributed by atoms with Gasteiger partial charge in [-0.05, 0) is 137 Å². The topological polar surface area (TPSA) is 92.3 Å². The Bertz CT molecular complexity index is 977. The quantitative estimate of drug-likeness (QED) is 0.543. The SMILES string of the molecule is O=C(Nc1ccc(NC(=O)C(=O)C23CC4CC(CC(C4)C2)C3)cc1)C(=O)C12CC3CC(CC(C3)C1)C2. The van der Waals surface area contributed by atoms with E-state index in [0.717, 1.165) is 38.5 Å². The maximum Gasteiger partial charge on any atom is 0.292 e. The molecule has 0 atom stereocenters. The number of Topliss-reactive ketones (excluding diaryl/α,β-unsaturated/α-hetero) is 2. The van der Waals surface area contributed by atoms with Crippen LogP contribution < -0.4 is 10.6 Å². The minimum atomic E-state index is -0.522. The second kappa shape index (κ2) is 8.00. The van der Waals surface area contributed by atoms with Crippen molar-refractivity contribution in [2.75, 3.05) is 10.6 Å². The Kier molecular flexibility index (Phi) is 5.04. The van der Waals surface area contributed by atoms with Crippen molar-refractivity contribution in [3.63, 3.8) is 0 Å². The third-order valence-electron chi connectivity index (χ3n) is 10.9. The average molecular weight is 489 g/mol. The summed E-state index contributed by atoms with van der Waals surface area (Å²) >= 11 is 0. The largest absolute Gasteiger partial charge is 0.319 e. The molecular formula is C30H36N2O4. The van der Waals surface area contributed by atoms with Crippen molar-refractivity contribution < 1.29 is 19.2 Å². The summed E-state index contributed by atoms with van der Waals surface area (Å²) < 4.78 is 0. The summed E-state index contributed by atoms with van der Waals surface area (Å²) in [7, 11) is 0. The zero-order chi connectivity index (χ0) is 24.7. The Morgan fingerprint density at radius 1 is 0.500 bits per heavy atom. The summed E-state index contributed by atoms with van der Waals surface area (Å²) in [6, 6.07) is 6.76. The predicted octanol–water partition coefficient (Wildman–Crippen LogP) is 5.13. The van der Waals surface area contributed by atoms with E-state index in [1.54, 1.807) is 24.3 Å². The summed E-state index contributed by atoms with van der Waals surface area (Å²) in [4.78, 5) is 52.3. The number of anilines is 2. The van der Waals surface area contributed by atoms with Crippen LogP contribution in [0.4, 0.5) is 11.4 Å². The van der Waals surface area contributed by atoms with E-state index >= 15 is 0 Å². The fraction of sp³-hybridized carbons (Fsp3) is 0.667. The van der Waals surface area contributed by atoms with Crippen LogP contribution in [0.5, 0.6) is 0 Å². The molecule has 190 valence electrons. The molecule has 36 heavy (non-hydrogen) atoms. The van der Waals surface area contributed by atoms with Gasteiger partial charge in [0.05, 0.1) is 0 Å². The first kappa shape index (κ1) is 22.7. The Morgan fingerprint density at radius 2 is 0.750 bits per heavy atom. The lowest BCUT2D eigenvalue weighted by molar-refractivity contribution is -0.151. The highest BCUT2D eigenvalue weighted by molar-refractivity contribution is 6.43. The zero-order valence-electron chi connectivity index (χ0n) is 20.9. The van der Waals surface area contributed by atoms with Gasteiger partial charge in [-0.2, -0.15) is 0 Å². The molecule has 2 amide bonds. The third-order valence-corrected chi connectivity index (χ3v) is 10.9. The lowest BCUT2D eigenvalue weighted by Crippen LogP contribution is -2.52. The van der Waals surface area contributed by atoms with Crippen LogP contribution in [0, 0.1) is 46.3 Å². The first-order chi connectivity index (χ1) is 17.3. The van der Waals surface area contributed by atoms with E-state index in [9.17, 15) is 19.2 Å². The highest BCUT2D eigenvalue weighted by Gasteiger charge is 2.57. The van der Waals surface area contributed by atoms with Crippen LogP contribution in [0.1, 0.15) is 77.0 Å². The van der Waals surface area contributed by atoms with Crippen LogP contribution in [0.25, 0.3) is 0 Å². The lowest BCUT2D eigenvalue weighted by Gasteiger charge is -2.55. The Hall–Kier alpha value is -2.50. The molecule has 0 unspecified atom stereocenters. The number of hydrogen-bond donors (Lipinski definition) is 2. The lowest BCUT2D eigenvalue weighted by atomic mass is 9.48. The second-order valence-electron chi connectivity index (χ2n) is 13.5. The monoisotopic (exact) mass is 488 g/mol. The Labute approximate surface area is 212 Å². The molecule has 0 aliphatic heterocycles. The molecule has 1 aromatic rings. The summed E-state index contributed by atoms with van der Waals surface area (Å²) in [5, 5.41) is 5.58. The molecule has 6 heteroatoms. The Morgan fingerprint density at radius 3 is 1.00 bits per heavy atom. The molecule has 6 nitrogen and oxygen atoms in total. The highest BCUT2D eigenvalue weighted by Crippen LogP contribution is 2.61. The standard InChI is InChI=1S/C30H36N2O4/c33-25(29-11-17-5-18(12-29)7-19(6-17)13-29)27(35)31-23-1-2-24(4-3-23)32-28(36)26(34)30-14-20-8-21(15-30)10-22(9-20)16-30/h1-4,17-22H,5-16H2,(H,31,35)(H,32,36). The van der Waals surface area contributed by atoms with E-state index in [-0.39, 0.29) is 11.6 Å². The van der Waals surface area contributed by atoms with E-state index in [4.69, 9.17) is 0 Å². The number of nitrogens with one attached hydrogen (secondary N) is 2. The molecule has 0 aromatic heterocycles. The van der Waals surface area contributed by atoms with Crippen LogP contribution in [0.3, 0.4) is 0 Å². The molecule has 8 aliphatic rings. The van der Waals surface area contributed by atoms with Crippen LogP contribution in [0.15, 0.2) is 24.3 Å². The molecule has 8 fully saturated rings. The van der Waals surface area contributed by atoms with Gasteiger partial charge in [-0.1, -0.05) is 0 Å². The molecule has 8 saturated carbocycles. The molecule has 0 heterocycles. The normalized spacial score (nSPS) is 41.2. The van der Waals surface area contributed by atoms with Gasteiger partial charge in [0.25, 0.3) is 11.8 Å². The van der Waals surface area contributed by atoms with Crippen LogP contribution >= 0.6 is 0 Å². The van der Waals surface area contributed by atoms with Gasteiger partial charge in [0, 0.05) is 22.2 Å². The smallest absolute Gasteiger partial charge is 0.292 e. The molecule has 0 saturated heterocycles. The molecule has 9 rings (SSSR count). The fourth-order valence-corrected chi connectivity index (χ4v) is 10.3.